The van der Waals surface area contributed by atoms with Gasteiger partial charge in [-0.2, -0.15) is 0 Å². The topological polar surface area (TPSA) is 29.3 Å². The van der Waals surface area contributed by atoms with Gasteiger partial charge in [0.1, 0.15) is 0 Å². The number of fused-ring (bicyclic) bond motifs is 3. The van der Waals surface area contributed by atoms with Gasteiger partial charge in [-0.15, -0.1) is 0 Å². The Balaban J connectivity index is 2.05. The van der Waals surface area contributed by atoms with Gasteiger partial charge < -0.3 is 10.6 Å². The average molecular weight is 182 g/mol. The summed E-state index contributed by atoms with van der Waals surface area (Å²) < 4.78 is 0. The third-order valence-corrected chi connectivity index (χ3v) is 4.00. The number of rotatable bonds is 3. The van der Waals surface area contributed by atoms with Crippen LogP contribution < -0.4 is 5.73 Å². The predicted molar refractivity (Wildman–Crippen MR) is 55.5 cm³/mol. The summed E-state index contributed by atoms with van der Waals surface area (Å²) in [7, 11) is 0. The molecule has 2 nitrogen and oxygen atoms in total. The van der Waals surface area contributed by atoms with Gasteiger partial charge in [0.15, 0.2) is 0 Å². The summed E-state index contributed by atoms with van der Waals surface area (Å²) in [5.74, 6) is 1.76. The fourth-order valence-electron chi connectivity index (χ4n) is 3.31. The van der Waals surface area contributed by atoms with E-state index in [1.165, 1.54) is 38.8 Å². The van der Waals surface area contributed by atoms with E-state index in [1.807, 2.05) is 0 Å². The van der Waals surface area contributed by atoms with Crippen molar-refractivity contribution in [1.29, 1.82) is 0 Å². The lowest BCUT2D eigenvalue weighted by molar-refractivity contribution is -0.00996. The molecule has 2 unspecified atom stereocenters. The third kappa shape index (κ3) is 1.62. The molecule has 0 aromatic rings. The molecule has 76 valence electrons. The Morgan fingerprint density at radius 2 is 2.00 bits per heavy atom. The second kappa shape index (κ2) is 3.97. The van der Waals surface area contributed by atoms with Crippen LogP contribution in [0.25, 0.3) is 0 Å². The van der Waals surface area contributed by atoms with E-state index >= 15 is 0 Å². The van der Waals surface area contributed by atoms with Gasteiger partial charge in [-0.3, -0.25) is 0 Å². The second-order valence-electron chi connectivity index (χ2n) is 4.63. The van der Waals surface area contributed by atoms with Gasteiger partial charge in [0.25, 0.3) is 0 Å². The molecule has 13 heavy (non-hydrogen) atoms. The van der Waals surface area contributed by atoms with E-state index in [9.17, 15) is 0 Å². The molecule has 3 rings (SSSR count). The smallest absolute Gasteiger partial charge is 0.0138 e. The summed E-state index contributed by atoms with van der Waals surface area (Å²) >= 11 is 0. The molecule has 2 heteroatoms. The lowest BCUT2D eigenvalue weighted by Gasteiger charge is -2.51. The van der Waals surface area contributed by atoms with E-state index in [2.05, 4.69) is 11.8 Å². The summed E-state index contributed by atoms with van der Waals surface area (Å²) in [6.45, 7) is 5.88. The van der Waals surface area contributed by atoms with Gasteiger partial charge in [-0.1, -0.05) is 13.3 Å². The van der Waals surface area contributed by atoms with E-state index in [-0.39, 0.29) is 0 Å². The van der Waals surface area contributed by atoms with E-state index < -0.39 is 0 Å². The molecule has 0 radical (unpaired) electrons. The Bertz CT molecular complexity index is 161. The van der Waals surface area contributed by atoms with Gasteiger partial charge in [-0.05, 0) is 50.7 Å². The van der Waals surface area contributed by atoms with E-state index in [0.29, 0.717) is 0 Å². The largest absolute Gasteiger partial charge is 0.330 e. The monoisotopic (exact) mass is 182 g/mol. The maximum atomic E-state index is 5.88. The highest BCUT2D eigenvalue weighted by Gasteiger charge is 2.40. The summed E-state index contributed by atoms with van der Waals surface area (Å²) in [5, 5.41) is 0. The number of nitrogens with zero attached hydrogens (tertiary/aromatic N) is 1. The fraction of sp³-hybridized carbons (Fsp3) is 1.00. The first-order valence-electron chi connectivity index (χ1n) is 5.81. The molecule has 3 fully saturated rings. The van der Waals surface area contributed by atoms with Crippen molar-refractivity contribution in [1.82, 2.24) is 4.90 Å². The molecule has 3 aliphatic heterocycles. The SMILES string of the molecule is CCCC1C(CN)C2CCN1CC2. The number of piperidine rings is 3. The zero-order chi connectivity index (χ0) is 9.26. The predicted octanol–water partition coefficient (Wildman–Crippen LogP) is 1.46. The molecule has 0 aromatic heterocycles. The van der Waals surface area contributed by atoms with Crippen molar-refractivity contribution >= 4 is 0 Å². The van der Waals surface area contributed by atoms with Crippen LogP contribution in [-0.4, -0.2) is 30.6 Å². The number of hydrogen-bond acceptors (Lipinski definition) is 2. The van der Waals surface area contributed by atoms with E-state index in [4.69, 9.17) is 5.73 Å². The van der Waals surface area contributed by atoms with Crippen molar-refractivity contribution < 1.29 is 0 Å². The minimum atomic E-state index is 0.808. The molecular weight excluding hydrogens is 160 g/mol. The van der Waals surface area contributed by atoms with Crippen molar-refractivity contribution in [2.24, 2.45) is 17.6 Å². The van der Waals surface area contributed by atoms with E-state index in [1.54, 1.807) is 0 Å². The second-order valence-corrected chi connectivity index (χ2v) is 4.63. The lowest BCUT2D eigenvalue weighted by atomic mass is 9.72. The third-order valence-electron chi connectivity index (χ3n) is 4.00. The molecule has 0 amide bonds. The highest BCUT2D eigenvalue weighted by molar-refractivity contribution is 4.94. The molecule has 2 bridgehead atoms. The van der Waals surface area contributed by atoms with Gasteiger partial charge in [0.2, 0.25) is 0 Å². The van der Waals surface area contributed by atoms with Crippen LogP contribution in [-0.2, 0) is 0 Å². The van der Waals surface area contributed by atoms with Crippen LogP contribution >= 0.6 is 0 Å². The maximum Gasteiger partial charge on any atom is 0.0138 e. The highest BCUT2D eigenvalue weighted by Crippen LogP contribution is 2.38. The van der Waals surface area contributed by atoms with Crippen LogP contribution in [0.5, 0.6) is 0 Å². The summed E-state index contributed by atoms with van der Waals surface area (Å²) in [6.07, 6.45) is 5.48. The maximum absolute atomic E-state index is 5.88. The molecule has 3 saturated heterocycles. The highest BCUT2D eigenvalue weighted by atomic mass is 15.2. The molecule has 3 aliphatic rings. The lowest BCUT2D eigenvalue weighted by Crippen LogP contribution is -2.56. The minimum Gasteiger partial charge on any atom is -0.330 e. The molecule has 0 aliphatic carbocycles. The first-order chi connectivity index (χ1) is 6.36. The Kier molecular flexibility index (Phi) is 2.89. The zero-order valence-corrected chi connectivity index (χ0v) is 8.71. The van der Waals surface area contributed by atoms with Crippen LogP contribution in [0, 0.1) is 11.8 Å². The van der Waals surface area contributed by atoms with Crippen LogP contribution in [0.4, 0.5) is 0 Å². The summed E-state index contributed by atoms with van der Waals surface area (Å²) in [4.78, 5) is 2.68. The Morgan fingerprint density at radius 1 is 1.31 bits per heavy atom. The minimum absolute atomic E-state index is 0.808. The Labute approximate surface area is 81.5 Å². The first kappa shape index (κ1) is 9.47. The van der Waals surface area contributed by atoms with Gasteiger partial charge in [-0.25, -0.2) is 0 Å². The van der Waals surface area contributed by atoms with Crippen molar-refractivity contribution in [3.05, 3.63) is 0 Å². The van der Waals surface area contributed by atoms with Gasteiger partial charge in [0.05, 0.1) is 0 Å². The number of nitrogens with two attached hydrogens (primary N) is 1. The van der Waals surface area contributed by atoms with Crippen molar-refractivity contribution in [2.75, 3.05) is 19.6 Å². The normalized spacial score (nSPS) is 43.8. The summed E-state index contributed by atoms with van der Waals surface area (Å²) in [5.41, 5.74) is 5.88. The Morgan fingerprint density at radius 3 is 2.54 bits per heavy atom. The van der Waals surface area contributed by atoms with Gasteiger partial charge in [0, 0.05) is 6.04 Å². The average Bonchev–Trinajstić information content (AvgIpc) is 2.20. The van der Waals surface area contributed by atoms with Crippen LogP contribution in [0.15, 0.2) is 0 Å². The fourth-order valence-corrected chi connectivity index (χ4v) is 3.31. The molecule has 2 N–H and O–H groups in total. The molecule has 0 spiro atoms. The molecule has 3 heterocycles. The van der Waals surface area contributed by atoms with Crippen molar-refractivity contribution in [2.45, 2.75) is 38.6 Å². The van der Waals surface area contributed by atoms with Crippen molar-refractivity contribution in [3.8, 4) is 0 Å². The first-order valence-corrected chi connectivity index (χ1v) is 5.81. The molecule has 2 atom stereocenters. The molecule has 0 saturated carbocycles. The van der Waals surface area contributed by atoms with Crippen molar-refractivity contribution in [3.63, 3.8) is 0 Å². The van der Waals surface area contributed by atoms with Crippen LogP contribution in [0.2, 0.25) is 0 Å². The molecule has 0 aromatic carbocycles. The zero-order valence-electron chi connectivity index (χ0n) is 8.71. The van der Waals surface area contributed by atoms with Gasteiger partial charge >= 0.3 is 0 Å². The standard InChI is InChI=1S/C11H22N2/c1-2-3-11-10(8-12)9-4-6-13(11)7-5-9/h9-11H,2-8,12H2,1H3. The summed E-state index contributed by atoms with van der Waals surface area (Å²) in [6, 6.07) is 0.822. The van der Waals surface area contributed by atoms with E-state index in [0.717, 1.165) is 24.4 Å². The quantitative estimate of drug-likeness (QED) is 0.716. The number of hydrogen-bond donors (Lipinski definition) is 1. The van der Waals surface area contributed by atoms with Crippen LogP contribution in [0.1, 0.15) is 32.6 Å². The molecular formula is C11H22N2. The Hall–Kier alpha value is -0.0800. The van der Waals surface area contributed by atoms with Crippen LogP contribution in [0.3, 0.4) is 0 Å².